The van der Waals surface area contributed by atoms with Crippen molar-refractivity contribution in [1.29, 1.82) is 0 Å². The second-order valence-electron chi connectivity index (χ2n) is 6.21. The average molecular weight is 398 g/mol. The van der Waals surface area contributed by atoms with Crippen molar-refractivity contribution in [3.05, 3.63) is 58.4 Å². The third kappa shape index (κ3) is 4.48. The van der Waals surface area contributed by atoms with E-state index in [0.717, 1.165) is 15.8 Å². The lowest BCUT2D eigenvalue weighted by atomic mass is 10.1. The number of benzene rings is 2. The molecule has 0 radical (unpaired) electrons. The molecule has 0 atom stereocenters. The van der Waals surface area contributed by atoms with Crippen LogP contribution in [0.4, 0.5) is 0 Å². The van der Waals surface area contributed by atoms with Gasteiger partial charge in [0, 0.05) is 18.2 Å². The van der Waals surface area contributed by atoms with Crippen LogP contribution in [0.3, 0.4) is 0 Å². The van der Waals surface area contributed by atoms with Crippen LogP contribution in [0.1, 0.15) is 29.3 Å². The molecule has 3 aromatic rings. The van der Waals surface area contributed by atoms with Gasteiger partial charge in [-0.05, 0) is 38.1 Å². The lowest BCUT2D eigenvalue weighted by molar-refractivity contribution is -0.143. The summed E-state index contributed by atoms with van der Waals surface area (Å²) < 4.78 is 13.2. The Morgan fingerprint density at radius 2 is 1.89 bits per heavy atom. The Morgan fingerprint density at radius 3 is 2.57 bits per heavy atom. The number of rotatable bonds is 6. The minimum atomic E-state index is -0.316. The molecule has 0 saturated carbocycles. The summed E-state index contributed by atoms with van der Waals surface area (Å²) in [5, 5.41) is 0. The van der Waals surface area contributed by atoms with Crippen LogP contribution in [-0.2, 0) is 16.1 Å². The minimum Gasteiger partial charge on any atom is -0.497 e. The molecule has 0 fully saturated rings. The normalized spacial score (nSPS) is 11.6. The lowest BCUT2D eigenvalue weighted by Crippen LogP contribution is -2.19. The number of hydrogen-bond donors (Lipinski definition) is 0. The molecule has 1 amide bonds. The van der Waals surface area contributed by atoms with Gasteiger partial charge in [-0.15, -0.1) is 0 Å². The number of aryl methyl sites for hydroxylation is 2. The molecule has 0 saturated heterocycles. The Hall–Kier alpha value is -2.93. The summed E-state index contributed by atoms with van der Waals surface area (Å²) in [4.78, 5) is 29.3. The smallest absolute Gasteiger partial charge is 0.307 e. The van der Waals surface area contributed by atoms with Gasteiger partial charge in [0.1, 0.15) is 5.75 Å². The molecule has 28 heavy (non-hydrogen) atoms. The summed E-state index contributed by atoms with van der Waals surface area (Å²) in [5.41, 5.74) is 2.47. The van der Waals surface area contributed by atoms with Crippen LogP contribution in [0.25, 0.3) is 10.2 Å². The van der Waals surface area contributed by atoms with Crippen LogP contribution in [0.5, 0.6) is 5.75 Å². The van der Waals surface area contributed by atoms with E-state index in [9.17, 15) is 9.59 Å². The number of nitrogens with zero attached hydrogens (tertiary/aromatic N) is 2. The molecule has 0 aliphatic carbocycles. The second-order valence-corrected chi connectivity index (χ2v) is 7.22. The number of amides is 1. The second kappa shape index (κ2) is 8.84. The highest BCUT2D eigenvalue weighted by atomic mass is 32.1. The van der Waals surface area contributed by atoms with Crippen molar-refractivity contribution < 1.29 is 19.1 Å². The van der Waals surface area contributed by atoms with Crippen molar-refractivity contribution in [2.45, 2.75) is 26.8 Å². The Morgan fingerprint density at radius 1 is 1.14 bits per heavy atom. The third-order valence-electron chi connectivity index (χ3n) is 4.23. The average Bonchev–Trinajstić information content (AvgIpc) is 3.03. The van der Waals surface area contributed by atoms with Gasteiger partial charge in [0.15, 0.2) is 4.80 Å². The van der Waals surface area contributed by atoms with Crippen LogP contribution in [0, 0.1) is 6.92 Å². The number of carbonyl (C=O) groups excluding carboxylic acids is 2. The number of carbonyl (C=O) groups is 2. The molecule has 6 nitrogen and oxygen atoms in total. The molecule has 3 rings (SSSR count). The standard InChI is InChI=1S/C21H22N2O4S/c1-4-27-19(24)11-12-23-17-13-16(26-3)9-10-18(17)28-21(23)22-20(25)15-7-5-14(2)6-8-15/h5-10,13H,4,11-12H2,1-3H3. The molecule has 0 aliphatic heterocycles. The van der Waals surface area contributed by atoms with E-state index in [1.165, 1.54) is 11.3 Å². The summed E-state index contributed by atoms with van der Waals surface area (Å²) in [7, 11) is 1.60. The van der Waals surface area contributed by atoms with Gasteiger partial charge in [0.25, 0.3) is 5.91 Å². The molecule has 0 bridgehead atoms. The number of fused-ring (bicyclic) bond motifs is 1. The van der Waals surface area contributed by atoms with Gasteiger partial charge < -0.3 is 14.0 Å². The van der Waals surface area contributed by atoms with E-state index < -0.39 is 0 Å². The van der Waals surface area contributed by atoms with E-state index >= 15 is 0 Å². The largest absolute Gasteiger partial charge is 0.497 e. The molecule has 2 aromatic carbocycles. The van der Waals surface area contributed by atoms with Crippen LogP contribution in [0.15, 0.2) is 47.5 Å². The number of hydrogen-bond acceptors (Lipinski definition) is 5. The molecule has 1 aromatic heterocycles. The van der Waals surface area contributed by atoms with E-state index in [1.54, 1.807) is 26.2 Å². The van der Waals surface area contributed by atoms with Crippen LogP contribution in [0.2, 0.25) is 0 Å². The quantitative estimate of drug-likeness (QED) is 0.594. The highest BCUT2D eigenvalue weighted by Crippen LogP contribution is 2.23. The zero-order valence-electron chi connectivity index (χ0n) is 16.1. The van der Waals surface area contributed by atoms with Gasteiger partial charge in [-0.1, -0.05) is 29.0 Å². The predicted octanol–water partition coefficient (Wildman–Crippen LogP) is 3.71. The first kappa shape index (κ1) is 19.8. The number of ether oxygens (including phenoxy) is 2. The fraction of sp³-hybridized carbons (Fsp3) is 0.286. The Bertz CT molecular complexity index is 1060. The number of thiazole rings is 1. The molecule has 1 heterocycles. The number of methoxy groups -OCH3 is 1. The van der Waals surface area contributed by atoms with Gasteiger partial charge in [0.05, 0.1) is 30.4 Å². The zero-order chi connectivity index (χ0) is 20.1. The third-order valence-corrected chi connectivity index (χ3v) is 5.29. The maximum atomic E-state index is 12.6. The van der Waals surface area contributed by atoms with Crippen molar-refractivity contribution in [1.82, 2.24) is 4.57 Å². The van der Waals surface area contributed by atoms with E-state index in [4.69, 9.17) is 9.47 Å². The van der Waals surface area contributed by atoms with Gasteiger partial charge in [-0.3, -0.25) is 9.59 Å². The lowest BCUT2D eigenvalue weighted by Gasteiger charge is -2.06. The molecule has 0 aliphatic rings. The SMILES string of the molecule is CCOC(=O)CCn1c(=NC(=O)c2ccc(C)cc2)sc2ccc(OC)cc21. The van der Waals surface area contributed by atoms with E-state index in [2.05, 4.69) is 4.99 Å². The Kier molecular flexibility index (Phi) is 6.26. The van der Waals surface area contributed by atoms with Gasteiger partial charge >= 0.3 is 5.97 Å². The molecule has 7 heteroatoms. The maximum Gasteiger partial charge on any atom is 0.307 e. The zero-order valence-corrected chi connectivity index (χ0v) is 16.9. The van der Waals surface area contributed by atoms with Crippen LogP contribution in [-0.4, -0.2) is 30.2 Å². The molecular formula is C21H22N2O4S. The predicted molar refractivity (Wildman–Crippen MR) is 109 cm³/mol. The van der Waals surface area contributed by atoms with Crippen molar-refractivity contribution in [3.63, 3.8) is 0 Å². The monoisotopic (exact) mass is 398 g/mol. The highest BCUT2D eigenvalue weighted by Gasteiger charge is 2.12. The van der Waals surface area contributed by atoms with Crippen molar-refractivity contribution >= 4 is 33.4 Å². The van der Waals surface area contributed by atoms with E-state index in [-0.39, 0.29) is 18.3 Å². The fourth-order valence-corrected chi connectivity index (χ4v) is 3.80. The number of aromatic nitrogens is 1. The van der Waals surface area contributed by atoms with Gasteiger partial charge in [-0.25, -0.2) is 0 Å². The maximum absolute atomic E-state index is 12.6. The van der Waals surface area contributed by atoms with E-state index in [1.807, 2.05) is 41.8 Å². The van der Waals surface area contributed by atoms with E-state index in [0.29, 0.717) is 29.3 Å². The Balaban J connectivity index is 2.04. The van der Waals surface area contributed by atoms with Crippen molar-refractivity contribution in [3.8, 4) is 5.75 Å². The highest BCUT2D eigenvalue weighted by molar-refractivity contribution is 7.16. The molecular weight excluding hydrogens is 376 g/mol. The first-order valence-corrected chi connectivity index (χ1v) is 9.82. The summed E-state index contributed by atoms with van der Waals surface area (Å²) in [6.45, 7) is 4.45. The van der Waals surface area contributed by atoms with Crippen LogP contribution >= 0.6 is 11.3 Å². The topological polar surface area (TPSA) is 69.9 Å². The summed E-state index contributed by atoms with van der Waals surface area (Å²) in [5.74, 6) is 0.100. The fourth-order valence-electron chi connectivity index (χ4n) is 2.76. The molecule has 0 N–H and O–H groups in total. The van der Waals surface area contributed by atoms with Crippen molar-refractivity contribution in [2.75, 3.05) is 13.7 Å². The van der Waals surface area contributed by atoms with Gasteiger partial charge in [-0.2, -0.15) is 4.99 Å². The summed E-state index contributed by atoms with van der Waals surface area (Å²) in [6.07, 6.45) is 0.197. The first-order chi connectivity index (χ1) is 13.5. The Labute approximate surface area is 167 Å². The van der Waals surface area contributed by atoms with Gasteiger partial charge in [0.2, 0.25) is 0 Å². The summed E-state index contributed by atoms with van der Waals surface area (Å²) in [6, 6.07) is 13.0. The van der Waals surface area contributed by atoms with Crippen molar-refractivity contribution in [2.24, 2.45) is 4.99 Å². The molecule has 146 valence electrons. The minimum absolute atomic E-state index is 0.197. The first-order valence-electron chi connectivity index (χ1n) is 9.00. The molecule has 0 spiro atoms. The molecule has 0 unspecified atom stereocenters. The van der Waals surface area contributed by atoms with Crippen LogP contribution < -0.4 is 9.54 Å². The number of esters is 1. The summed E-state index contributed by atoms with van der Waals surface area (Å²) >= 11 is 1.40.